The van der Waals surface area contributed by atoms with Gasteiger partial charge in [-0.15, -0.1) is 0 Å². The molecule has 0 spiro atoms. The van der Waals surface area contributed by atoms with Crippen LogP contribution in [0.5, 0.6) is 0 Å². The van der Waals surface area contributed by atoms with Crippen molar-refractivity contribution in [3.8, 4) is 0 Å². The Morgan fingerprint density at radius 3 is 2.80 bits per heavy atom. The van der Waals surface area contributed by atoms with Crippen molar-refractivity contribution >= 4 is 12.6 Å². The van der Waals surface area contributed by atoms with Gasteiger partial charge in [0.05, 0.1) is 0 Å². The molecule has 1 nitrogen and oxygen atoms in total. The van der Waals surface area contributed by atoms with Gasteiger partial charge in [-0.1, -0.05) is 13.3 Å². The summed E-state index contributed by atoms with van der Waals surface area (Å²) in [7, 11) is 0. The monoisotopic (exact) mass is 157 g/mol. The molecule has 58 valence electrons. The van der Waals surface area contributed by atoms with Crippen LogP contribution in [0.2, 0.25) is 0 Å². The molecule has 0 amide bonds. The summed E-state index contributed by atoms with van der Waals surface area (Å²) in [5, 5.41) is 1.93. The molecular formula is C8H15NS. The van der Waals surface area contributed by atoms with Crippen LogP contribution >= 0.6 is 12.6 Å². The minimum absolute atomic E-state index is 1.16. The molecule has 0 N–H and O–H groups in total. The first-order valence-electron chi connectivity index (χ1n) is 3.91. The Morgan fingerprint density at radius 1 is 1.60 bits per heavy atom. The highest BCUT2D eigenvalue weighted by molar-refractivity contribution is 7.83. The van der Waals surface area contributed by atoms with Crippen molar-refractivity contribution in [2.45, 2.75) is 19.8 Å². The highest BCUT2D eigenvalue weighted by atomic mass is 32.1. The minimum Gasteiger partial charge on any atom is -0.295 e. The summed E-state index contributed by atoms with van der Waals surface area (Å²) in [5.41, 5.74) is 1.47. The first-order chi connectivity index (χ1) is 4.86. The van der Waals surface area contributed by atoms with Gasteiger partial charge in [0, 0.05) is 13.1 Å². The van der Waals surface area contributed by atoms with E-state index in [1.165, 1.54) is 25.0 Å². The van der Waals surface area contributed by atoms with Crippen molar-refractivity contribution in [2.24, 2.45) is 0 Å². The molecule has 0 saturated carbocycles. The maximum absolute atomic E-state index is 4.09. The second-order valence-corrected chi connectivity index (χ2v) is 3.11. The van der Waals surface area contributed by atoms with Crippen molar-refractivity contribution in [3.05, 3.63) is 11.0 Å². The van der Waals surface area contributed by atoms with Gasteiger partial charge in [-0.25, -0.2) is 0 Å². The Hall–Kier alpha value is 0.0500. The molecule has 1 heterocycles. The highest BCUT2D eigenvalue weighted by Crippen LogP contribution is 2.14. The molecule has 0 bridgehead atoms. The fourth-order valence-electron chi connectivity index (χ4n) is 1.15. The van der Waals surface area contributed by atoms with Gasteiger partial charge < -0.3 is 0 Å². The number of likely N-dealkylation sites (tertiary alicyclic amines) is 1. The zero-order valence-electron chi connectivity index (χ0n) is 6.51. The van der Waals surface area contributed by atoms with Crippen LogP contribution in [0, 0.1) is 0 Å². The third-order valence-electron chi connectivity index (χ3n) is 1.86. The second kappa shape index (κ2) is 4.04. The Balaban J connectivity index is 2.03. The minimum atomic E-state index is 1.16. The lowest BCUT2D eigenvalue weighted by Crippen LogP contribution is -2.40. The predicted molar refractivity (Wildman–Crippen MR) is 48.4 cm³/mol. The normalized spacial score (nSPS) is 18.8. The van der Waals surface area contributed by atoms with Crippen LogP contribution in [0.15, 0.2) is 11.0 Å². The van der Waals surface area contributed by atoms with Crippen LogP contribution in [0.3, 0.4) is 0 Å². The third kappa shape index (κ3) is 2.03. The van der Waals surface area contributed by atoms with E-state index in [9.17, 15) is 0 Å². The fourth-order valence-corrected chi connectivity index (χ4v) is 1.31. The molecule has 0 aliphatic carbocycles. The Labute approximate surface area is 68.5 Å². The van der Waals surface area contributed by atoms with Gasteiger partial charge in [-0.3, -0.25) is 4.90 Å². The summed E-state index contributed by atoms with van der Waals surface area (Å²) in [4.78, 5) is 2.45. The smallest absolute Gasteiger partial charge is 0.0217 e. The molecule has 1 saturated heterocycles. The van der Waals surface area contributed by atoms with E-state index in [4.69, 9.17) is 0 Å². The van der Waals surface area contributed by atoms with Gasteiger partial charge >= 0.3 is 0 Å². The van der Waals surface area contributed by atoms with Crippen LogP contribution in [0.25, 0.3) is 0 Å². The molecule has 1 rings (SSSR count). The quantitative estimate of drug-likeness (QED) is 0.613. The largest absolute Gasteiger partial charge is 0.295 e. The summed E-state index contributed by atoms with van der Waals surface area (Å²) in [6.45, 7) is 5.81. The molecule has 0 unspecified atom stereocenters. The standard InChI is InChI=1S/C8H15NS/c1-2-3-4-9-5-8(6-9)7-10/h7,10H,2-6H2,1H3. The number of rotatable bonds is 3. The summed E-state index contributed by atoms with van der Waals surface area (Å²) in [6.07, 6.45) is 2.64. The van der Waals surface area contributed by atoms with Crippen molar-refractivity contribution in [2.75, 3.05) is 19.6 Å². The van der Waals surface area contributed by atoms with E-state index < -0.39 is 0 Å². The molecule has 0 radical (unpaired) electrons. The number of nitrogens with zero attached hydrogens (tertiary/aromatic N) is 1. The van der Waals surface area contributed by atoms with Gasteiger partial charge in [-0.05, 0) is 23.9 Å². The molecular weight excluding hydrogens is 142 g/mol. The Morgan fingerprint density at radius 2 is 2.30 bits per heavy atom. The average Bonchev–Trinajstić information content (AvgIpc) is 1.86. The van der Waals surface area contributed by atoms with E-state index in [0.29, 0.717) is 0 Å². The SMILES string of the molecule is CCCCN1CC(=CS)C1. The second-order valence-electron chi connectivity index (χ2n) is 2.85. The van der Waals surface area contributed by atoms with Crippen LogP contribution in [0.1, 0.15) is 19.8 Å². The van der Waals surface area contributed by atoms with Gasteiger partial charge in [0.25, 0.3) is 0 Å². The average molecular weight is 157 g/mol. The fraction of sp³-hybridized carbons (Fsp3) is 0.750. The lowest BCUT2D eigenvalue weighted by Gasteiger charge is -2.33. The summed E-state index contributed by atoms with van der Waals surface area (Å²) in [5.74, 6) is 0. The lowest BCUT2D eigenvalue weighted by molar-refractivity contribution is 0.247. The first-order valence-corrected chi connectivity index (χ1v) is 4.43. The van der Waals surface area contributed by atoms with Gasteiger partial charge in [-0.2, -0.15) is 12.6 Å². The molecule has 0 aromatic carbocycles. The summed E-state index contributed by atoms with van der Waals surface area (Å²) < 4.78 is 0. The van der Waals surface area contributed by atoms with Crippen molar-refractivity contribution in [1.29, 1.82) is 0 Å². The van der Waals surface area contributed by atoms with Crippen LogP contribution in [-0.4, -0.2) is 24.5 Å². The molecule has 0 aromatic heterocycles. The van der Waals surface area contributed by atoms with Crippen LogP contribution < -0.4 is 0 Å². The van der Waals surface area contributed by atoms with E-state index in [0.717, 1.165) is 13.1 Å². The summed E-state index contributed by atoms with van der Waals surface area (Å²) in [6, 6.07) is 0. The van der Waals surface area contributed by atoms with E-state index in [2.05, 4.69) is 24.5 Å². The predicted octanol–water partition coefficient (Wildman–Crippen LogP) is 1.92. The first kappa shape index (κ1) is 8.15. The van der Waals surface area contributed by atoms with E-state index in [1.54, 1.807) is 0 Å². The molecule has 1 aliphatic heterocycles. The molecule has 0 atom stereocenters. The highest BCUT2D eigenvalue weighted by Gasteiger charge is 2.17. The van der Waals surface area contributed by atoms with Crippen molar-refractivity contribution in [1.82, 2.24) is 4.90 Å². The van der Waals surface area contributed by atoms with Crippen LogP contribution in [0.4, 0.5) is 0 Å². The zero-order chi connectivity index (χ0) is 7.40. The topological polar surface area (TPSA) is 3.24 Å². The number of hydrogen-bond donors (Lipinski definition) is 1. The Bertz CT molecular complexity index is 123. The van der Waals surface area contributed by atoms with Crippen molar-refractivity contribution < 1.29 is 0 Å². The molecule has 2 heteroatoms. The van der Waals surface area contributed by atoms with Gasteiger partial charge in [0.1, 0.15) is 0 Å². The summed E-state index contributed by atoms with van der Waals surface area (Å²) >= 11 is 4.09. The zero-order valence-corrected chi connectivity index (χ0v) is 7.40. The lowest BCUT2D eigenvalue weighted by atomic mass is 10.1. The van der Waals surface area contributed by atoms with Crippen LogP contribution in [-0.2, 0) is 0 Å². The van der Waals surface area contributed by atoms with E-state index >= 15 is 0 Å². The Kier molecular flexibility index (Phi) is 3.29. The number of thiol groups is 1. The number of hydrogen-bond acceptors (Lipinski definition) is 2. The molecule has 1 fully saturated rings. The molecule has 10 heavy (non-hydrogen) atoms. The maximum atomic E-state index is 4.09. The van der Waals surface area contributed by atoms with Gasteiger partial charge in [0.2, 0.25) is 0 Å². The molecule has 1 aliphatic rings. The maximum Gasteiger partial charge on any atom is 0.0217 e. The van der Waals surface area contributed by atoms with Crippen molar-refractivity contribution in [3.63, 3.8) is 0 Å². The molecule has 0 aromatic rings. The van der Waals surface area contributed by atoms with Gasteiger partial charge in [0.15, 0.2) is 0 Å². The van der Waals surface area contributed by atoms with E-state index in [1.807, 2.05) is 5.41 Å². The van der Waals surface area contributed by atoms with E-state index in [-0.39, 0.29) is 0 Å². The third-order valence-corrected chi connectivity index (χ3v) is 2.23. The number of unbranched alkanes of at least 4 members (excludes halogenated alkanes) is 1.